The Balaban J connectivity index is 2.07. The van der Waals surface area contributed by atoms with Gasteiger partial charge in [-0.1, -0.05) is 33.1 Å². The van der Waals surface area contributed by atoms with Crippen molar-refractivity contribution < 1.29 is 28.5 Å². The van der Waals surface area contributed by atoms with Crippen molar-refractivity contribution in [3.8, 4) is 17.2 Å². The molecule has 0 unspecified atom stereocenters. The van der Waals surface area contributed by atoms with Crippen molar-refractivity contribution in [1.29, 1.82) is 0 Å². The molecule has 0 radical (unpaired) electrons. The Morgan fingerprint density at radius 2 is 1.63 bits per heavy atom. The SMILES string of the molecule is COc1cc([C@@H](C(=O)N2C(=O)OC[C@@H]2C(C)C)C2CCCCC2)cc(OC)c1OC. The summed E-state index contributed by atoms with van der Waals surface area (Å²) in [4.78, 5) is 27.7. The Morgan fingerprint density at radius 1 is 1.03 bits per heavy atom. The Labute approximate surface area is 178 Å². The zero-order valence-corrected chi connectivity index (χ0v) is 18.6. The molecule has 0 aromatic heterocycles. The fourth-order valence-electron chi connectivity index (χ4n) is 4.69. The lowest BCUT2D eigenvalue weighted by molar-refractivity contribution is -0.133. The van der Waals surface area contributed by atoms with E-state index < -0.39 is 12.0 Å². The Hall–Kier alpha value is -2.44. The van der Waals surface area contributed by atoms with Gasteiger partial charge in [-0.2, -0.15) is 0 Å². The van der Waals surface area contributed by atoms with Crippen LogP contribution < -0.4 is 14.2 Å². The maximum absolute atomic E-state index is 13.8. The van der Waals surface area contributed by atoms with Gasteiger partial charge in [-0.3, -0.25) is 4.79 Å². The minimum absolute atomic E-state index is 0.118. The second-order valence-corrected chi connectivity index (χ2v) is 8.43. The second kappa shape index (κ2) is 9.58. The van der Waals surface area contributed by atoms with Crippen molar-refractivity contribution in [1.82, 2.24) is 4.90 Å². The standard InChI is InChI=1S/C23H33NO6/c1-14(2)17-13-30-23(26)24(17)22(25)20(15-9-7-6-8-10-15)16-11-18(27-3)21(29-5)19(12-16)28-4/h11-12,14-15,17,20H,6-10,13H2,1-5H3/t17-,20+/m1/s1. The van der Waals surface area contributed by atoms with Crippen LogP contribution in [0, 0.1) is 11.8 Å². The Morgan fingerprint density at radius 3 is 2.13 bits per heavy atom. The van der Waals surface area contributed by atoms with Crippen LogP contribution in [0.5, 0.6) is 17.2 Å². The van der Waals surface area contributed by atoms with E-state index in [0.717, 1.165) is 31.2 Å². The molecule has 1 aliphatic heterocycles. The first-order chi connectivity index (χ1) is 14.4. The lowest BCUT2D eigenvalue weighted by Crippen LogP contribution is -2.45. The first-order valence-corrected chi connectivity index (χ1v) is 10.7. The molecule has 166 valence electrons. The van der Waals surface area contributed by atoms with Crippen molar-refractivity contribution in [2.45, 2.75) is 57.9 Å². The summed E-state index contributed by atoms with van der Waals surface area (Å²) in [6, 6.07) is 3.42. The highest BCUT2D eigenvalue weighted by Gasteiger charge is 2.45. The van der Waals surface area contributed by atoms with Gasteiger partial charge in [0.25, 0.3) is 0 Å². The molecule has 7 nitrogen and oxygen atoms in total. The average Bonchev–Trinajstić information content (AvgIpc) is 3.15. The van der Waals surface area contributed by atoms with Gasteiger partial charge >= 0.3 is 6.09 Å². The van der Waals surface area contributed by atoms with Crippen LogP contribution in [0.2, 0.25) is 0 Å². The van der Waals surface area contributed by atoms with Crippen LogP contribution in [0.15, 0.2) is 12.1 Å². The minimum atomic E-state index is -0.549. The number of hydrogen-bond acceptors (Lipinski definition) is 6. The van der Waals surface area contributed by atoms with Gasteiger partial charge in [-0.15, -0.1) is 0 Å². The Bertz CT molecular complexity index is 746. The zero-order valence-electron chi connectivity index (χ0n) is 18.6. The normalized spacial score (nSPS) is 20.8. The van der Waals surface area contributed by atoms with Gasteiger partial charge in [0, 0.05) is 0 Å². The zero-order chi connectivity index (χ0) is 21.8. The lowest BCUT2D eigenvalue weighted by Gasteiger charge is -2.34. The van der Waals surface area contributed by atoms with Gasteiger partial charge in [0.1, 0.15) is 6.61 Å². The van der Waals surface area contributed by atoms with E-state index >= 15 is 0 Å². The number of imide groups is 1. The van der Waals surface area contributed by atoms with Gasteiger partial charge in [-0.25, -0.2) is 9.69 Å². The van der Waals surface area contributed by atoms with Gasteiger partial charge in [0.2, 0.25) is 11.7 Å². The van der Waals surface area contributed by atoms with E-state index in [1.165, 1.54) is 11.3 Å². The highest BCUT2D eigenvalue weighted by atomic mass is 16.6. The number of nitrogens with zero attached hydrogens (tertiary/aromatic N) is 1. The quantitative estimate of drug-likeness (QED) is 0.653. The number of cyclic esters (lactones) is 1. The summed E-state index contributed by atoms with van der Waals surface area (Å²) in [6.45, 7) is 4.25. The molecule has 2 fully saturated rings. The van der Waals surface area contributed by atoms with E-state index in [0.29, 0.717) is 17.2 Å². The second-order valence-electron chi connectivity index (χ2n) is 8.43. The molecular formula is C23H33NO6. The van der Waals surface area contributed by atoms with E-state index in [-0.39, 0.29) is 30.4 Å². The summed E-state index contributed by atoms with van der Waals surface area (Å²) >= 11 is 0. The molecule has 1 saturated heterocycles. The van der Waals surface area contributed by atoms with Crippen molar-refractivity contribution in [3.63, 3.8) is 0 Å². The molecule has 1 aliphatic carbocycles. The molecule has 1 heterocycles. The van der Waals surface area contributed by atoms with E-state index in [1.54, 1.807) is 21.3 Å². The van der Waals surface area contributed by atoms with Gasteiger partial charge in [-0.05, 0) is 42.4 Å². The number of carbonyl (C=O) groups is 2. The topological polar surface area (TPSA) is 74.3 Å². The van der Waals surface area contributed by atoms with E-state index in [9.17, 15) is 9.59 Å². The third-order valence-electron chi connectivity index (χ3n) is 6.35. The first kappa shape index (κ1) is 22.2. The number of benzene rings is 1. The molecule has 0 N–H and O–H groups in total. The summed E-state index contributed by atoms with van der Waals surface area (Å²) in [5.41, 5.74) is 0.781. The van der Waals surface area contributed by atoms with Crippen LogP contribution in [-0.2, 0) is 9.53 Å². The van der Waals surface area contributed by atoms with Crippen LogP contribution in [0.4, 0.5) is 4.79 Å². The highest BCUT2D eigenvalue weighted by molar-refractivity contribution is 5.97. The molecular weight excluding hydrogens is 386 g/mol. The molecule has 0 bridgehead atoms. The van der Waals surface area contributed by atoms with E-state index in [2.05, 4.69) is 0 Å². The van der Waals surface area contributed by atoms with Crippen molar-refractivity contribution in [2.75, 3.05) is 27.9 Å². The molecule has 30 heavy (non-hydrogen) atoms. The van der Waals surface area contributed by atoms with Gasteiger partial charge in [0.05, 0.1) is 33.3 Å². The minimum Gasteiger partial charge on any atom is -0.493 e. The molecule has 1 aromatic rings. The number of methoxy groups -OCH3 is 3. The third-order valence-corrected chi connectivity index (χ3v) is 6.35. The number of ether oxygens (including phenoxy) is 4. The van der Waals surface area contributed by atoms with Crippen molar-refractivity contribution in [2.24, 2.45) is 11.8 Å². The molecule has 2 amide bonds. The number of carbonyl (C=O) groups excluding carboxylic acids is 2. The maximum atomic E-state index is 13.8. The van der Waals surface area contributed by atoms with Crippen LogP contribution in [0.3, 0.4) is 0 Å². The molecule has 2 atom stereocenters. The molecule has 7 heteroatoms. The molecule has 1 aromatic carbocycles. The van der Waals surface area contributed by atoms with Crippen LogP contribution >= 0.6 is 0 Å². The molecule has 3 rings (SSSR count). The lowest BCUT2D eigenvalue weighted by atomic mass is 9.75. The average molecular weight is 420 g/mol. The summed E-state index contributed by atoms with van der Waals surface area (Å²) in [6.07, 6.45) is 4.68. The predicted octanol–water partition coefficient (Wildman–Crippen LogP) is 4.38. The molecule has 2 aliphatic rings. The number of amides is 2. The summed E-state index contributed by atoms with van der Waals surface area (Å²) in [7, 11) is 4.67. The first-order valence-electron chi connectivity index (χ1n) is 10.7. The summed E-state index contributed by atoms with van der Waals surface area (Å²) in [5.74, 6) is 1.10. The predicted molar refractivity (Wildman–Crippen MR) is 112 cm³/mol. The highest BCUT2D eigenvalue weighted by Crippen LogP contribution is 2.45. The van der Waals surface area contributed by atoms with E-state index in [4.69, 9.17) is 18.9 Å². The number of rotatable bonds is 7. The van der Waals surface area contributed by atoms with Gasteiger partial charge < -0.3 is 18.9 Å². The summed E-state index contributed by atoms with van der Waals surface area (Å²) in [5, 5.41) is 0. The van der Waals surface area contributed by atoms with Crippen LogP contribution in [0.25, 0.3) is 0 Å². The van der Waals surface area contributed by atoms with Crippen LogP contribution in [0.1, 0.15) is 57.4 Å². The van der Waals surface area contributed by atoms with Crippen LogP contribution in [-0.4, -0.2) is 50.9 Å². The number of hydrogen-bond donors (Lipinski definition) is 0. The summed E-state index contributed by atoms with van der Waals surface area (Å²) < 4.78 is 21.7. The van der Waals surface area contributed by atoms with Crippen molar-refractivity contribution in [3.05, 3.63) is 17.7 Å². The van der Waals surface area contributed by atoms with E-state index in [1.807, 2.05) is 26.0 Å². The molecule has 0 spiro atoms. The molecule has 1 saturated carbocycles. The largest absolute Gasteiger partial charge is 0.493 e. The smallest absolute Gasteiger partial charge is 0.417 e. The fourth-order valence-corrected chi connectivity index (χ4v) is 4.69. The third kappa shape index (κ3) is 4.20. The monoisotopic (exact) mass is 419 g/mol. The maximum Gasteiger partial charge on any atom is 0.417 e. The fraction of sp³-hybridized carbons (Fsp3) is 0.652. The van der Waals surface area contributed by atoms with Crippen molar-refractivity contribution >= 4 is 12.0 Å². The Kier molecular flexibility index (Phi) is 7.10. The van der Waals surface area contributed by atoms with Gasteiger partial charge in [0.15, 0.2) is 11.5 Å².